The topological polar surface area (TPSA) is 20.3 Å². The number of rotatable bonds is 4. The zero-order valence-corrected chi connectivity index (χ0v) is 9.85. The van der Waals surface area contributed by atoms with Crippen LogP contribution < -0.4 is 0 Å². The minimum Gasteiger partial charge on any atom is -0.348 e. The van der Waals surface area contributed by atoms with E-state index in [4.69, 9.17) is 0 Å². The van der Waals surface area contributed by atoms with Gasteiger partial charge in [-0.3, -0.25) is 4.79 Å². The Bertz CT molecular complexity index is 171. The summed E-state index contributed by atoms with van der Waals surface area (Å²) >= 11 is 0. The predicted molar refractivity (Wildman–Crippen MR) is 56.5 cm³/mol. The summed E-state index contributed by atoms with van der Waals surface area (Å²) in [6.07, 6.45) is 2.09. The van der Waals surface area contributed by atoms with E-state index in [2.05, 4.69) is 13.8 Å². The van der Waals surface area contributed by atoms with E-state index in [1.165, 1.54) is 0 Å². The Kier molecular flexibility index (Phi) is 4.45. The highest BCUT2D eigenvalue weighted by molar-refractivity contribution is 5.81. The van der Waals surface area contributed by atoms with E-state index >= 15 is 0 Å². The standard InChI is InChI=1S/C11H23NO/c1-9(2)7-8-11(3,4)10(13)12(5)6/h9H,7-8H2,1-6H3. The SMILES string of the molecule is CC(C)CCC(C)(C)C(=O)N(C)C. The van der Waals surface area contributed by atoms with Crippen molar-refractivity contribution in [2.75, 3.05) is 14.1 Å². The summed E-state index contributed by atoms with van der Waals surface area (Å²) in [4.78, 5) is 13.4. The number of hydrogen-bond donors (Lipinski definition) is 0. The van der Waals surface area contributed by atoms with Crippen molar-refractivity contribution in [3.63, 3.8) is 0 Å². The molecule has 0 atom stereocenters. The first-order valence-corrected chi connectivity index (χ1v) is 4.99. The van der Waals surface area contributed by atoms with Gasteiger partial charge in [0, 0.05) is 19.5 Å². The fourth-order valence-corrected chi connectivity index (χ4v) is 1.36. The zero-order chi connectivity index (χ0) is 10.6. The minimum atomic E-state index is -0.201. The quantitative estimate of drug-likeness (QED) is 0.659. The van der Waals surface area contributed by atoms with Gasteiger partial charge in [0.25, 0.3) is 0 Å². The Morgan fingerprint density at radius 2 is 1.77 bits per heavy atom. The van der Waals surface area contributed by atoms with Crippen molar-refractivity contribution in [2.45, 2.75) is 40.5 Å². The second kappa shape index (κ2) is 4.64. The second-order valence-corrected chi connectivity index (χ2v) is 5.02. The molecule has 0 heterocycles. The van der Waals surface area contributed by atoms with Crippen molar-refractivity contribution >= 4 is 5.91 Å². The molecule has 2 nitrogen and oxygen atoms in total. The molecule has 0 unspecified atom stereocenters. The first kappa shape index (κ1) is 12.5. The summed E-state index contributed by atoms with van der Waals surface area (Å²) in [5.41, 5.74) is -0.201. The maximum absolute atomic E-state index is 11.7. The molecule has 0 radical (unpaired) electrons. The van der Waals surface area contributed by atoms with Crippen LogP contribution >= 0.6 is 0 Å². The average molecular weight is 185 g/mol. The summed E-state index contributed by atoms with van der Waals surface area (Å²) in [5, 5.41) is 0. The average Bonchev–Trinajstić information content (AvgIpc) is 1.99. The van der Waals surface area contributed by atoms with Crippen LogP contribution in [0.2, 0.25) is 0 Å². The van der Waals surface area contributed by atoms with Crippen LogP contribution in [0.3, 0.4) is 0 Å². The molecule has 0 bridgehead atoms. The number of amides is 1. The molecule has 2 heteroatoms. The molecule has 0 aliphatic carbocycles. The van der Waals surface area contributed by atoms with Gasteiger partial charge in [-0.2, -0.15) is 0 Å². The number of carbonyl (C=O) groups excluding carboxylic acids is 1. The van der Waals surface area contributed by atoms with Gasteiger partial charge in [0.15, 0.2) is 0 Å². The van der Waals surface area contributed by atoms with Gasteiger partial charge in [-0.15, -0.1) is 0 Å². The van der Waals surface area contributed by atoms with Crippen LogP contribution in [0.5, 0.6) is 0 Å². The smallest absolute Gasteiger partial charge is 0.227 e. The number of carbonyl (C=O) groups is 1. The molecule has 0 saturated carbocycles. The monoisotopic (exact) mass is 185 g/mol. The Morgan fingerprint density at radius 3 is 2.08 bits per heavy atom. The number of hydrogen-bond acceptors (Lipinski definition) is 1. The molecule has 78 valence electrons. The first-order valence-electron chi connectivity index (χ1n) is 4.99. The fraction of sp³-hybridized carbons (Fsp3) is 0.909. The largest absolute Gasteiger partial charge is 0.348 e. The van der Waals surface area contributed by atoms with Crippen LogP contribution in [0.25, 0.3) is 0 Å². The molecule has 0 fully saturated rings. The third-order valence-electron chi connectivity index (χ3n) is 2.33. The van der Waals surface area contributed by atoms with Crippen LogP contribution in [-0.2, 0) is 4.79 Å². The van der Waals surface area contributed by atoms with E-state index in [-0.39, 0.29) is 11.3 Å². The predicted octanol–water partition coefficient (Wildman–Crippen LogP) is 2.54. The Labute approximate surface area is 82.3 Å². The number of nitrogens with zero attached hydrogens (tertiary/aromatic N) is 1. The summed E-state index contributed by atoms with van der Waals surface area (Å²) in [6, 6.07) is 0. The van der Waals surface area contributed by atoms with Gasteiger partial charge in [-0.05, 0) is 18.8 Å². The van der Waals surface area contributed by atoms with Crippen molar-refractivity contribution in [3.05, 3.63) is 0 Å². The summed E-state index contributed by atoms with van der Waals surface area (Å²) in [7, 11) is 3.64. The fourth-order valence-electron chi connectivity index (χ4n) is 1.36. The molecule has 0 N–H and O–H groups in total. The van der Waals surface area contributed by atoms with Crippen LogP contribution in [0.4, 0.5) is 0 Å². The van der Waals surface area contributed by atoms with Gasteiger partial charge in [-0.25, -0.2) is 0 Å². The highest BCUT2D eigenvalue weighted by Gasteiger charge is 2.28. The van der Waals surface area contributed by atoms with Crippen molar-refractivity contribution in [1.29, 1.82) is 0 Å². The highest BCUT2D eigenvalue weighted by atomic mass is 16.2. The van der Waals surface area contributed by atoms with E-state index in [1.54, 1.807) is 4.90 Å². The van der Waals surface area contributed by atoms with Crippen LogP contribution in [0, 0.1) is 11.3 Å². The van der Waals surface area contributed by atoms with Crippen molar-refractivity contribution in [2.24, 2.45) is 11.3 Å². The summed E-state index contributed by atoms with van der Waals surface area (Å²) in [6.45, 7) is 8.43. The van der Waals surface area contributed by atoms with Gasteiger partial charge in [-0.1, -0.05) is 27.7 Å². The molecule has 0 aromatic heterocycles. The molecule has 0 aliphatic heterocycles. The van der Waals surface area contributed by atoms with Gasteiger partial charge in [0.2, 0.25) is 5.91 Å². The normalized spacial score (nSPS) is 11.9. The Hall–Kier alpha value is -0.530. The van der Waals surface area contributed by atoms with Crippen molar-refractivity contribution < 1.29 is 4.79 Å². The third kappa shape index (κ3) is 4.30. The first-order chi connectivity index (χ1) is 5.77. The summed E-state index contributed by atoms with van der Waals surface area (Å²) < 4.78 is 0. The molecule has 13 heavy (non-hydrogen) atoms. The molecule has 0 rings (SSSR count). The highest BCUT2D eigenvalue weighted by Crippen LogP contribution is 2.26. The van der Waals surface area contributed by atoms with Gasteiger partial charge in [0.1, 0.15) is 0 Å². The molecule has 0 saturated heterocycles. The molecular weight excluding hydrogens is 162 g/mol. The molecule has 0 spiro atoms. The third-order valence-corrected chi connectivity index (χ3v) is 2.33. The molecule has 0 aromatic carbocycles. The molecule has 0 aliphatic rings. The van der Waals surface area contributed by atoms with Crippen LogP contribution in [0.15, 0.2) is 0 Å². The lowest BCUT2D eigenvalue weighted by atomic mass is 9.84. The maximum Gasteiger partial charge on any atom is 0.227 e. The van der Waals surface area contributed by atoms with Crippen molar-refractivity contribution in [3.8, 4) is 0 Å². The van der Waals surface area contributed by atoms with Gasteiger partial charge in [0.05, 0.1) is 0 Å². The van der Waals surface area contributed by atoms with Crippen molar-refractivity contribution in [1.82, 2.24) is 4.90 Å². The second-order valence-electron chi connectivity index (χ2n) is 5.02. The molecule has 1 amide bonds. The van der Waals surface area contributed by atoms with Gasteiger partial charge < -0.3 is 4.90 Å². The minimum absolute atomic E-state index is 0.201. The molecule has 0 aromatic rings. The van der Waals surface area contributed by atoms with E-state index in [0.29, 0.717) is 5.92 Å². The molecular formula is C11H23NO. The Morgan fingerprint density at radius 1 is 1.31 bits per heavy atom. The van der Waals surface area contributed by atoms with Crippen LogP contribution in [-0.4, -0.2) is 24.9 Å². The maximum atomic E-state index is 11.7. The van der Waals surface area contributed by atoms with E-state index in [1.807, 2.05) is 27.9 Å². The van der Waals surface area contributed by atoms with Crippen LogP contribution in [0.1, 0.15) is 40.5 Å². The van der Waals surface area contributed by atoms with E-state index in [9.17, 15) is 4.79 Å². The lowest BCUT2D eigenvalue weighted by Gasteiger charge is -2.27. The zero-order valence-electron chi connectivity index (χ0n) is 9.85. The van der Waals surface area contributed by atoms with Gasteiger partial charge >= 0.3 is 0 Å². The lowest BCUT2D eigenvalue weighted by molar-refractivity contribution is -0.138. The lowest BCUT2D eigenvalue weighted by Crippen LogP contribution is -2.36. The summed E-state index contributed by atoms with van der Waals surface area (Å²) in [5.74, 6) is 0.905. The van der Waals surface area contributed by atoms with E-state index < -0.39 is 0 Å². The Balaban J connectivity index is 4.14. The van der Waals surface area contributed by atoms with E-state index in [0.717, 1.165) is 12.8 Å².